The summed E-state index contributed by atoms with van der Waals surface area (Å²) in [6.45, 7) is -0.371. The molecule has 0 saturated carbocycles. The van der Waals surface area contributed by atoms with Gasteiger partial charge in [-0.05, 0) is 5.53 Å². The highest BCUT2D eigenvalue weighted by molar-refractivity contribution is 5.09. The van der Waals surface area contributed by atoms with Crippen LogP contribution in [0.25, 0.3) is 10.4 Å². The van der Waals surface area contributed by atoms with Gasteiger partial charge < -0.3 is 14.9 Å². The first kappa shape index (κ1) is 13.1. The SMILES string of the molecule is [N-]=[N+]=NC1CC(n2cc(O)c(=O)[nH]c2=O)OC1CO. The molecule has 0 aliphatic carbocycles. The molecule has 0 amide bonds. The van der Waals surface area contributed by atoms with Crippen molar-refractivity contribution in [3.05, 3.63) is 37.5 Å². The molecule has 3 atom stereocenters. The van der Waals surface area contributed by atoms with Gasteiger partial charge in [-0.25, -0.2) is 4.79 Å². The van der Waals surface area contributed by atoms with Crippen LogP contribution in [0.3, 0.4) is 0 Å². The molecule has 2 heterocycles. The molecule has 102 valence electrons. The number of aromatic hydroxyl groups is 1. The highest BCUT2D eigenvalue weighted by Gasteiger charge is 2.35. The van der Waals surface area contributed by atoms with E-state index in [1.165, 1.54) is 0 Å². The number of ether oxygens (including phenoxy) is 1. The lowest BCUT2D eigenvalue weighted by atomic mass is 10.1. The van der Waals surface area contributed by atoms with Gasteiger partial charge in [-0.3, -0.25) is 14.3 Å². The standard InChI is InChI=1S/C9H11N5O5/c10-13-12-4-1-7(19-6(4)3-15)14-2-5(16)8(17)11-9(14)18/h2,4,6-7,15-16H,1,3H2,(H,11,17,18). The van der Waals surface area contributed by atoms with Crippen molar-refractivity contribution >= 4 is 0 Å². The zero-order valence-corrected chi connectivity index (χ0v) is 9.63. The van der Waals surface area contributed by atoms with Gasteiger partial charge in [-0.1, -0.05) is 5.11 Å². The van der Waals surface area contributed by atoms with E-state index in [9.17, 15) is 14.7 Å². The largest absolute Gasteiger partial charge is 0.502 e. The second-order valence-corrected chi connectivity index (χ2v) is 4.00. The van der Waals surface area contributed by atoms with Gasteiger partial charge >= 0.3 is 5.69 Å². The summed E-state index contributed by atoms with van der Waals surface area (Å²) in [7, 11) is 0. The van der Waals surface area contributed by atoms with E-state index in [0.717, 1.165) is 10.8 Å². The van der Waals surface area contributed by atoms with Crippen LogP contribution >= 0.6 is 0 Å². The second-order valence-electron chi connectivity index (χ2n) is 4.00. The predicted octanol–water partition coefficient (Wildman–Crippen LogP) is -0.799. The van der Waals surface area contributed by atoms with Gasteiger partial charge in [0.05, 0.1) is 24.9 Å². The molecule has 1 aliphatic heterocycles. The fourth-order valence-corrected chi connectivity index (χ4v) is 1.93. The molecule has 3 N–H and O–H groups in total. The zero-order valence-electron chi connectivity index (χ0n) is 9.63. The molecule has 0 spiro atoms. The van der Waals surface area contributed by atoms with Crippen LogP contribution in [0.15, 0.2) is 20.9 Å². The second kappa shape index (κ2) is 5.14. The Balaban J connectivity index is 2.34. The van der Waals surface area contributed by atoms with E-state index in [1.54, 1.807) is 0 Å². The molecule has 2 rings (SSSR count). The fraction of sp³-hybridized carbons (Fsp3) is 0.556. The molecule has 19 heavy (non-hydrogen) atoms. The number of aliphatic hydroxyl groups excluding tert-OH is 1. The van der Waals surface area contributed by atoms with Gasteiger partial charge in [0, 0.05) is 11.3 Å². The molecule has 1 saturated heterocycles. The van der Waals surface area contributed by atoms with Gasteiger partial charge in [0.2, 0.25) is 0 Å². The number of H-pyrrole nitrogens is 1. The molecule has 0 radical (unpaired) electrons. The Morgan fingerprint density at radius 1 is 1.63 bits per heavy atom. The molecule has 0 bridgehead atoms. The maximum Gasteiger partial charge on any atom is 0.330 e. The van der Waals surface area contributed by atoms with Crippen LogP contribution in [0.4, 0.5) is 0 Å². The third kappa shape index (κ3) is 2.45. The number of nitrogens with zero attached hydrogens (tertiary/aromatic N) is 4. The Morgan fingerprint density at radius 2 is 2.37 bits per heavy atom. The van der Waals surface area contributed by atoms with Gasteiger partial charge in [0.25, 0.3) is 5.56 Å². The minimum atomic E-state index is -0.899. The van der Waals surface area contributed by atoms with E-state index >= 15 is 0 Å². The fourth-order valence-electron chi connectivity index (χ4n) is 1.93. The zero-order chi connectivity index (χ0) is 14.0. The molecule has 1 aromatic heterocycles. The lowest BCUT2D eigenvalue weighted by molar-refractivity contribution is -0.0273. The summed E-state index contributed by atoms with van der Waals surface area (Å²) in [5.74, 6) is -0.629. The van der Waals surface area contributed by atoms with Gasteiger partial charge in [-0.2, -0.15) is 0 Å². The normalized spacial score (nSPS) is 26.1. The van der Waals surface area contributed by atoms with Crippen molar-refractivity contribution in [2.45, 2.75) is 24.8 Å². The predicted molar refractivity (Wildman–Crippen MR) is 61.5 cm³/mol. The van der Waals surface area contributed by atoms with Crippen molar-refractivity contribution in [1.29, 1.82) is 0 Å². The molecular weight excluding hydrogens is 258 g/mol. The van der Waals surface area contributed by atoms with Crippen molar-refractivity contribution in [2.24, 2.45) is 5.11 Å². The van der Waals surface area contributed by atoms with E-state index in [-0.39, 0.29) is 13.0 Å². The van der Waals surface area contributed by atoms with Crippen LogP contribution in [0, 0.1) is 0 Å². The summed E-state index contributed by atoms with van der Waals surface area (Å²) < 4.78 is 6.33. The van der Waals surface area contributed by atoms with Crippen LogP contribution in [-0.2, 0) is 4.74 Å². The highest BCUT2D eigenvalue weighted by Crippen LogP contribution is 2.29. The third-order valence-corrected chi connectivity index (χ3v) is 2.84. The Hall–Kier alpha value is -2.29. The molecule has 1 aromatic rings. The van der Waals surface area contributed by atoms with Gasteiger partial charge in [0.15, 0.2) is 5.75 Å². The molecule has 0 aromatic carbocycles. The summed E-state index contributed by atoms with van der Waals surface area (Å²) in [5.41, 5.74) is 6.74. The van der Waals surface area contributed by atoms with Crippen LogP contribution < -0.4 is 11.2 Å². The van der Waals surface area contributed by atoms with E-state index < -0.39 is 35.4 Å². The Bertz CT molecular complexity index is 631. The van der Waals surface area contributed by atoms with Crippen LogP contribution in [-0.4, -0.2) is 38.5 Å². The number of azide groups is 1. The van der Waals surface area contributed by atoms with Gasteiger partial charge in [-0.15, -0.1) is 0 Å². The van der Waals surface area contributed by atoms with Crippen molar-refractivity contribution in [3.63, 3.8) is 0 Å². The number of hydrogen-bond donors (Lipinski definition) is 3. The van der Waals surface area contributed by atoms with Crippen LogP contribution in [0.1, 0.15) is 12.6 Å². The Morgan fingerprint density at radius 3 is 3.00 bits per heavy atom. The number of hydrogen-bond acceptors (Lipinski definition) is 6. The van der Waals surface area contributed by atoms with E-state index in [2.05, 4.69) is 10.0 Å². The summed E-state index contributed by atoms with van der Waals surface area (Å²) in [6, 6.07) is -0.624. The molecule has 3 unspecified atom stereocenters. The van der Waals surface area contributed by atoms with Crippen molar-refractivity contribution in [1.82, 2.24) is 9.55 Å². The summed E-state index contributed by atoms with van der Waals surface area (Å²) >= 11 is 0. The number of nitrogens with one attached hydrogen (secondary N) is 1. The molecule has 10 heteroatoms. The highest BCUT2D eigenvalue weighted by atomic mass is 16.5. The Labute approximate surface area is 105 Å². The van der Waals surface area contributed by atoms with Crippen molar-refractivity contribution < 1.29 is 14.9 Å². The number of rotatable bonds is 3. The smallest absolute Gasteiger partial charge is 0.330 e. The molecule has 1 fully saturated rings. The molecule has 10 nitrogen and oxygen atoms in total. The molecular formula is C9H11N5O5. The van der Waals surface area contributed by atoms with E-state index in [4.69, 9.17) is 15.4 Å². The monoisotopic (exact) mass is 269 g/mol. The lowest BCUT2D eigenvalue weighted by Crippen LogP contribution is -2.32. The maximum absolute atomic E-state index is 11.6. The van der Waals surface area contributed by atoms with Crippen LogP contribution in [0.2, 0.25) is 0 Å². The van der Waals surface area contributed by atoms with Crippen LogP contribution in [0.5, 0.6) is 5.75 Å². The minimum absolute atomic E-state index is 0.153. The van der Waals surface area contributed by atoms with E-state index in [1.807, 2.05) is 4.98 Å². The summed E-state index contributed by atoms with van der Waals surface area (Å²) in [6.07, 6.45) is -0.468. The first-order chi connectivity index (χ1) is 9.06. The number of aliphatic hydroxyl groups is 1. The number of aromatic amines is 1. The topological polar surface area (TPSA) is 153 Å². The maximum atomic E-state index is 11.6. The first-order valence-electron chi connectivity index (χ1n) is 5.41. The number of aromatic nitrogens is 2. The van der Waals surface area contributed by atoms with E-state index in [0.29, 0.717) is 0 Å². The average Bonchev–Trinajstić information content (AvgIpc) is 2.77. The first-order valence-corrected chi connectivity index (χ1v) is 5.41. The minimum Gasteiger partial charge on any atom is -0.502 e. The quantitative estimate of drug-likeness (QED) is 0.372. The van der Waals surface area contributed by atoms with Crippen molar-refractivity contribution in [3.8, 4) is 5.75 Å². The average molecular weight is 269 g/mol. The molecule has 1 aliphatic rings. The lowest BCUT2D eigenvalue weighted by Gasteiger charge is -2.14. The van der Waals surface area contributed by atoms with Gasteiger partial charge in [0.1, 0.15) is 6.23 Å². The third-order valence-electron chi connectivity index (χ3n) is 2.84. The Kier molecular flexibility index (Phi) is 3.56. The summed E-state index contributed by atoms with van der Waals surface area (Å²) in [4.78, 5) is 27.2. The summed E-state index contributed by atoms with van der Waals surface area (Å²) in [5, 5.41) is 21.8. The van der Waals surface area contributed by atoms with Crippen molar-refractivity contribution in [2.75, 3.05) is 6.61 Å².